The Labute approximate surface area is 232 Å². The summed E-state index contributed by atoms with van der Waals surface area (Å²) >= 11 is 0. The van der Waals surface area contributed by atoms with Crippen molar-refractivity contribution in [1.82, 2.24) is 0 Å². The second-order valence-electron chi connectivity index (χ2n) is 14.9. The van der Waals surface area contributed by atoms with E-state index in [0.29, 0.717) is 33.7 Å². The molecule has 5 unspecified atom stereocenters. The van der Waals surface area contributed by atoms with Crippen LogP contribution in [0.4, 0.5) is 11.4 Å². The van der Waals surface area contributed by atoms with Crippen molar-refractivity contribution in [2.75, 3.05) is 11.5 Å². The first kappa shape index (κ1) is 27.8. The van der Waals surface area contributed by atoms with E-state index in [1.807, 2.05) is 0 Å². The molecule has 1 aromatic rings. The van der Waals surface area contributed by atoms with Crippen LogP contribution in [0.5, 0.6) is 0 Å². The van der Waals surface area contributed by atoms with Gasteiger partial charge in [-0.2, -0.15) is 0 Å². The third kappa shape index (κ3) is 5.10. The van der Waals surface area contributed by atoms with Gasteiger partial charge < -0.3 is 16.2 Å². The van der Waals surface area contributed by atoms with E-state index in [0.717, 1.165) is 48.3 Å². The molecule has 4 aliphatic carbocycles. The molecule has 4 fully saturated rings. The molecule has 38 heavy (non-hydrogen) atoms. The Morgan fingerprint density at radius 2 is 1.58 bits per heavy atom. The lowest BCUT2D eigenvalue weighted by molar-refractivity contribution is -0.130. The smallest absolute Gasteiger partial charge is 0.338 e. The van der Waals surface area contributed by atoms with E-state index in [4.69, 9.17) is 16.2 Å². The molecule has 4 nitrogen and oxygen atoms in total. The third-order valence-electron chi connectivity index (χ3n) is 12.3. The third-order valence-corrected chi connectivity index (χ3v) is 12.3. The molecule has 0 radical (unpaired) electrons. The van der Waals surface area contributed by atoms with Crippen LogP contribution in [0.1, 0.15) is 122 Å². The Morgan fingerprint density at radius 1 is 0.895 bits per heavy atom. The molecule has 0 amide bonds. The van der Waals surface area contributed by atoms with Crippen molar-refractivity contribution >= 4 is 17.3 Å². The van der Waals surface area contributed by atoms with E-state index in [9.17, 15) is 4.79 Å². The molecule has 9 atom stereocenters. The van der Waals surface area contributed by atoms with Gasteiger partial charge in [0.15, 0.2) is 0 Å². The summed E-state index contributed by atoms with van der Waals surface area (Å²) < 4.78 is 6.04. The SMILES string of the molecule is CC(C)CCC[C@@H](C)[C@H]1CCC2C3CCC4CC(OC(=O)c5cc(N)cc(N)c5)CC[C@]4(C)C3CC[C@@]21C. The van der Waals surface area contributed by atoms with Crippen LogP contribution in [0.3, 0.4) is 0 Å². The molecular formula is C34H54N2O2. The first-order chi connectivity index (χ1) is 18.0. The zero-order valence-electron chi connectivity index (χ0n) is 24.8. The van der Waals surface area contributed by atoms with E-state index >= 15 is 0 Å². The second kappa shape index (κ2) is 10.7. The number of carbonyl (C=O) groups excluding carboxylic acids is 1. The summed E-state index contributed by atoms with van der Waals surface area (Å²) in [6, 6.07) is 5.03. The largest absolute Gasteiger partial charge is 0.459 e. The number of anilines is 2. The Hall–Kier alpha value is -1.71. The first-order valence-corrected chi connectivity index (χ1v) is 15.9. The zero-order chi connectivity index (χ0) is 27.2. The minimum absolute atomic E-state index is 0.0104. The number of nitrogens with two attached hydrogens (primary N) is 2. The van der Waals surface area contributed by atoms with Gasteiger partial charge in [-0.1, -0.05) is 53.9 Å². The van der Waals surface area contributed by atoms with Gasteiger partial charge in [-0.25, -0.2) is 4.79 Å². The number of esters is 1. The summed E-state index contributed by atoms with van der Waals surface area (Å²) in [5.41, 5.74) is 14.3. The van der Waals surface area contributed by atoms with Crippen molar-refractivity contribution in [2.24, 2.45) is 52.3 Å². The Bertz CT molecular complexity index is 986. The molecule has 212 valence electrons. The summed E-state index contributed by atoms with van der Waals surface area (Å²) in [6.07, 6.45) is 15.8. The minimum Gasteiger partial charge on any atom is -0.459 e. The normalized spacial score (nSPS) is 39.2. The summed E-state index contributed by atoms with van der Waals surface area (Å²) in [4.78, 5) is 12.9. The molecule has 4 heteroatoms. The highest BCUT2D eigenvalue weighted by molar-refractivity contribution is 5.91. The van der Waals surface area contributed by atoms with Gasteiger partial charge in [0.05, 0.1) is 5.56 Å². The van der Waals surface area contributed by atoms with E-state index in [1.54, 1.807) is 18.2 Å². The van der Waals surface area contributed by atoms with Crippen molar-refractivity contribution in [2.45, 2.75) is 118 Å². The molecule has 5 rings (SSSR count). The molecule has 0 saturated heterocycles. The van der Waals surface area contributed by atoms with Crippen molar-refractivity contribution < 1.29 is 9.53 Å². The van der Waals surface area contributed by atoms with Gasteiger partial charge in [-0.15, -0.1) is 0 Å². The van der Waals surface area contributed by atoms with Crippen LogP contribution in [0.25, 0.3) is 0 Å². The van der Waals surface area contributed by atoms with Crippen LogP contribution in [-0.4, -0.2) is 12.1 Å². The van der Waals surface area contributed by atoms with E-state index in [1.165, 1.54) is 64.2 Å². The van der Waals surface area contributed by atoms with Crippen LogP contribution < -0.4 is 11.5 Å². The fourth-order valence-corrected chi connectivity index (χ4v) is 10.4. The molecule has 0 heterocycles. The molecule has 1 aromatic carbocycles. The van der Waals surface area contributed by atoms with Crippen LogP contribution in [-0.2, 0) is 4.74 Å². The maximum Gasteiger partial charge on any atom is 0.338 e. The zero-order valence-corrected chi connectivity index (χ0v) is 24.8. The molecule has 4 saturated carbocycles. The predicted octanol–water partition coefficient (Wildman–Crippen LogP) is 8.50. The summed E-state index contributed by atoms with van der Waals surface area (Å²) in [5, 5.41) is 0. The average molecular weight is 523 g/mol. The lowest BCUT2D eigenvalue weighted by Gasteiger charge is -2.61. The fourth-order valence-electron chi connectivity index (χ4n) is 10.4. The quantitative estimate of drug-likeness (QED) is 0.278. The number of fused-ring (bicyclic) bond motifs is 5. The van der Waals surface area contributed by atoms with Crippen molar-refractivity contribution in [3.63, 3.8) is 0 Å². The lowest BCUT2D eigenvalue weighted by Crippen LogP contribution is -2.54. The van der Waals surface area contributed by atoms with Gasteiger partial charge in [0.1, 0.15) is 6.10 Å². The monoisotopic (exact) mass is 522 g/mol. The lowest BCUT2D eigenvalue weighted by atomic mass is 9.44. The highest BCUT2D eigenvalue weighted by Gasteiger charge is 2.60. The highest BCUT2D eigenvalue weighted by Crippen LogP contribution is 2.68. The van der Waals surface area contributed by atoms with Crippen LogP contribution in [0.15, 0.2) is 18.2 Å². The molecule has 0 aliphatic heterocycles. The number of hydrogen-bond acceptors (Lipinski definition) is 4. The maximum atomic E-state index is 12.9. The summed E-state index contributed by atoms with van der Waals surface area (Å²) in [5.74, 6) is 5.67. The minimum atomic E-state index is -0.278. The fraction of sp³-hybridized carbons (Fsp3) is 0.794. The number of rotatable bonds is 7. The average Bonchev–Trinajstić information content (AvgIpc) is 3.20. The topological polar surface area (TPSA) is 78.3 Å². The second-order valence-corrected chi connectivity index (χ2v) is 14.9. The van der Waals surface area contributed by atoms with Gasteiger partial charge in [0.25, 0.3) is 0 Å². The standard InChI is InChI=1S/C34H54N2O2/c1-21(2)7-6-8-22(3)29-11-12-30-28-10-9-24-19-27(38-32(37)23-17-25(35)20-26(36)18-23)13-15-33(24,4)31(28)14-16-34(29,30)5/h17-18,20-22,24,27-31H,6-16,19,35-36H2,1-5H3/t22-,24?,27?,28?,29-,30?,31?,33+,34-/m1/s1. The van der Waals surface area contributed by atoms with Crippen LogP contribution >= 0.6 is 0 Å². The Kier molecular flexibility index (Phi) is 7.84. The molecule has 0 bridgehead atoms. The number of ether oxygens (including phenoxy) is 1. The van der Waals surface area contributed by atoms with Crippen molar-refractivity contribution in [3.8, 4) is 0 Å². The highest BCUT2D eigenvalue weighted by atomic mass is 16.5. The van der Waals surface area contributed by atoms with Crippen molar-refractivity contribution in [1.29, 1.82) is 0 Å². The van der Waals surface area contributed by atoms with Gasteiger partial charge in [0.2, 0.25) is 0 Å². The van der Waals surface area contributed by atoms with Gasteiger partial charge in [-0.3, -0.25) is 0 Å². The predicted molar refractivity (Wildman–Crippen MR) is 158 cm³/mol. The molecule has 0 aromatic heterocycles. The first-order valence-electron chi connectivity index (χ1n) is 15.9. The maximum absolute atomic E-state index is 12.9. The Balaban J connectivity index is 1.22. The van der Waals surface area contributed by atoms with E-state index in [-0.39, 0.29) is 12.1 Å². The van der Waals surface area contributed by atoms with Gasteiger partial charge in [0, 0.05) is 11.4 Å². The van der Waals surface area contributed by atoms with Gasteiger partial charge >= 0.3 is 5.97 Å². The number of hydrogen-bond donors (Lipinski definition) is 2. The van der Waals surface area contributed by atoms with Gasteiger partial charge in [-0.05, 0) is 128 Å². The van der Waals surface area contributed by atoms with Crippen LogP contribution in [0, 0.1) is 52.3 Å². The molecule has 4 aliphatic rings. The number of carbonyl (C=O) groups is 1. The van der Waals surface area contributed by atoms with E-state index < -0.39 is 0 Å². The van der Waals surface area contributed by atoms with E-state index in [2.05, 4.69) is 34.6 Å². The number of benzene rings is 1. The number of nitrogen functional groups attached to an aromatic ring is 2. The Morgan fingerprint density at radius 3 is 2.29 bits per heavy atom. The molecular weight excluding hydrogens is 468 g/mol. The summed E-state index contributed by atoms with van der Waals surface area (Å²) in [6.45, 7) is 12.6. The van der Waals surface area contributed by atoms with Crippen molar-refractivity contribution in [3.05, 3.63) is 23.8 Å². The molecule has 4 N–H and O–H groups in total. The summed E-state index contributed by atoms with van der Waals surface area (Å²) in [7, 11) is 0. The van der Waals surface area contributed by atoms with Crippen LogP contribution in [0.2, 0.25) is 0 Å². The molecule has 0 spiro atoms.